The molecule has 3 N–H and O–H groups in total. The Bertz CT molecular complexity index is 616. The topological polar surface area (TPSA) is 130 Å². The predicted molar refractivity (Wildman–Crippen MR) is 77.3 cm³/mol. The Kier molecular flexibility index (Phi) is 4.81. The lowest BCUT2D eigenvalue weighted by Crippen LogP contribution is -2.50. The minimum absolute atomic E-state index is 0.0346. The van der Waals surface area contributed by atoms with E-state index in [2.05, 4.69) is 31.4 Å². The number of halogens is 1. The second-order valence-corrected chi connectivity index (χ2v) is 7.18. The molecule has 0 aliphatic carbocycles. The summed E-state index contributed by atoms with van der Waals surface area (Å²) in [6.45, 7) is 1.94. The molecular weight excluding hydrogens is 366 g/mol. The molecule has 2 rings (SSSR count). The number of sulfonamides is 1. The van der Waals surface area contributed by atoms with Crippen LogP contribution in [0.2, 0.25) is 0 Å². The standard InChI is InChI=1S/C9H16BrN7O3S/c1-15-9(8(10)12-14-15)21(19,20)17-4-2-16(3-5-17)6-7(11)13-18/h18H,2-6H2,1H3,(H2,11,13). The molecule has 1 fully saturated rings. The van der Waals surface area contributed by atoms with Crippen molar-refractivity contribution in [2.45, 2.75) is 5.03 Å². The lowest BCUT2D eigenvalue weighted by Gasteiger charge is -2.33. The van der Waals surface area contributed by atoms with Crippen molar-refractivity contribution >= 4 is 31.8 Å². The van der Waals surface area contributed by atoms with Crippen LogP contribution in [0.25, 0.3) is 0 Å². The number of rotatable bonds is 4. The van der Waals surface area contributed by atoms with Crippen molar-refractivity contribution in [2.24, 2.45) is 17.9 Å². The van der Waals surface area contributed by atoms with E-state index in [0.717, 1.165) is 0 Å². The molecule has 0 saturated carbocycles. The maximum Gasteiger partial charge on any atom is 0.263 e. The van der Waals surface area contributed by atoms with Crippen molar-refractivity contribution in [3.05, 3.63) is 4.60 Å². The lowest BCUT2D eigenvalue weighted by atomic mass is 10.3. The maximum absolute atomic E-state index is 12.6. The van der Waals surface area contributed by atoms with Crippen LogP contribution in [0.3, 0.4) is 0 Å². The third kappa shape index (κ3) is 3.33. The first-order valence-corrected chi connectivity index (χ1v) is 8.33. The van der Waals surface area contributed by atoms with Crippen LogP contribution in [0.4, 0.5) is 0 Å². The Morgan fingerprint density at radius 3 is 2.52 bits per heavy atom. The van der Waals surface area contributed by atoms with E-state index >= 15 is 0 Å². The van der Waals surface area contributed by atoms with Crippen molar-refractivity contribution in [1.82, 2.24) is 24.2 Å². The van der Waals surface area contributed by atoms with Crippen LogP contribution in [-0.4, -0.2) is 76.4 Å². The minimum Gasteiger partial charge on any atom is -0.409 e. The molecule has 10 nitrogen and oxygen atoms in total. The maximum atomic E-state index is 12.6. The Morgan fingerprint density at radius 2 is 2.05 bits per heavy atom. The smallest absolute Gasteiger partial charge is 0.263 e. The summed E-state index contributed by atoms with van der Waals surface area (Å²) in [7, 11) is -2.12. The zero-order valence-corrected chi connectivity index (χ0v) is 13.7. The highest BCUT2D eigenvalue weighted by Crippen LogP contribution is 2.23. The second kappa shape index (κ2) is 6.25. The SMILES string of the molecule is Cn1nnc(Br)c1S(=O)(=O)N1CCN(CC(N)=NO)CC1. The molecule has 0 unspecified atom stereocenters. The van der Waals surface area contributed by atoms with Gasteiger partial charge in [-0.3, -0.25) is 4.90 Å². The van der Waals surface area contributed by atoms with Crippen molar-refractivity contribution in [3.8, 4) is 0 Å². The van der Waals surface area contributed by atoms with E-state index in [1.54, 1.807) is 0 Å². The zero-order chi connectivity index (χ0) is 15.6. The van der Waals surface area contributed by atoms with E-state index in [1.807, 2.05) is 4.90 Å². The molecule has 2 heterocycles. The first kappa shape index (κ1) is 16.1. The normalized spacial score (nSPS) is 19.0. The summed E-state index contributed by atoms with van der Waals surface area (Å²) in [4.78, 5) is 1.91. The van der Waals surface area contributed by atoms with Gasteiger partial charge < -0.3 is 10.9 Å². The lowest BCUT2D eigenvalue weighted by molar-refractivity contribution is 0.206. The third-order valence-corrected chi connectivity index (χ3v) is 5.95. The van der Waals surface area contributed by atoms with E-state index in [4.69, 9.17) is 10.9 Å². The molecule has 118 valence electrons. The average molecular weight is 382 g/mol. The fourth-order valence-corrected chi connectivity index (χ4v) is 4.56. The number of hydrogen-bond donors (Lipinski definition) is 2. The molecular formula is C9H16BrN7O3S. The summed E-state index contributed by atoms with van der Waals surface area (Å²) < 4.78 is 27.9. The highest BCUT2D eigenvalue weighted by Gasteiger charge is 2.33. The molecule has 0 spiro atoms. The second-order valence-electron chi connectivity index (χ2n) is 4.58. The van der Waals surface area contributed by atoms with E-state index < -0.39 is 10.0 Å². The van der Waals surface area contributed by atoms with Crippen LogP contribution in [0.5, 0.6) is 0 Å². The highest BCUT2D eigenvalue weighted by atomic mass is 79.9. The number of amidine groups is 1. The first-order valence-electron chi connectivity index (χ1n) is 6.10. The van der Waals surface area contributed by atoms with Crippen LogP contribution in [0, 0.1) is 0 Å². The predicted octanol–water partition coefficient (Wildman–Crippen LogP) is -1.37. The van der Waals surface area contributed by atoms with Crippen molar-refractivity contribution in [2.75, 3.05) is 32.7 Å². The summed E-state index contributed by atoms with van der Waals surface area (Å²) in [6.07, 6.45) is 0. The van der Waals surface area contributed by atoms with Gasteiger partial charge in [-0.05, 0) is 15.9 Å². The fourth-order valence-electron chi connectivity index (χ4n) is 2.11. The fraction of sp³-hybridized carbons (Fsp3) is 0.667. The number of piperazine rings is 1. The van der Waals surface area contributed by atoms with Gasteiger partial charge in [-0.2, -0.15) is 4.31 Å². The first-order chi connectivity index (χ1) is 9.86. The molecule has 1 aliphatic heterocycles. The van der Waals surface area contributed by atoms with E-state index in [0.29, 0.717) is 32.7 Å². The van der Waals surface area contributed by atoms with Gasteiger partial charge in [0.1, 0.15) is 0 Å². The monoisotopic (exact) mass is 381 g/mol. The number of hydrogen-bond acceptors (Lipinski definition) is 7. The van der Waals surface area contributed by atoms with Crippen molar-refractivity contribution in [1.29, 1.82) is 0 Å². The van der Waals surface area contributed by atoms with E-state index in [-0.39, 0.29) is 15.5 Å². The minimum atomic E-state index is -3.65. The number of oxime groups is 1. The van der Waals surface area contributed by atoms with Crippen LogP contribution in [-0.2, 0) is 17.1 Å². The van der Waals surface area contributed by atoms with Crippen LogP contribution in [0.15, 0.2) is 14.8 Å². The number of nitrogens with two attached hydrogens (primary N) is 1. The third-order valence-electron chi connectivity index (χ3n) is 3.17. The molecule has 0 amide bonds. The molecule has 12 heteroatoms. The van der Waals surface area contributed by atoms with Gasteiger partial charge in [-0.15, -0.1) is 5.10 Å². The average Bonchev–Trinajstić information content (AvgIpc) is 2.79. The largest absolute Gasteiger partial charge is 0.409 e. The van der Waals surface area contributed by atoms with E-state index in [1.165, 1.54) is 16.0 Å². The van der Waals surface area contributed by atoms with E-state index in [9.17, 15) is 8.42 Å². The van der Waals surface area contributed by atoms with Gasteiger partial charge in [0.05, 0.1) is 6.54 Å². The zero-order valence-electron chi connectivity index (χ0n) is 11.3. The van der Waals surface area contributed by atoms with Crippen LogP contribution in [0.1, 0.15) is 0 Å². The molecule has 0 aromatic carbocycles. The molecule has 1 aromatic rings. The molecule has 21 heavy (non-hydrogen) atoms. The summed E-state index contributed by atoms with van der Waals surface area (Å²) >= 11 is 3.10. The summed E-state index contributed by atoms with van der Waals surface area (Å²) in [5, 5.41) is 18.9. The quantitative estimate of drug-likeness (QED) is 0.284. The molecule has 0 bridgehead atoms. The van der Waals surface area contributed by atoms with Crippen LogP contribution >= 0.6 is 15.9 Å². The number of aryl methyl sites for hydroxylation is 1. The van der Waals surface area contributed by atoms with Gasteiger partial charge in [0.15, 0.2) is 10.4 Å². The van der Waals surface area contributed by atoms with Crippen LogP contribution < -0.4 is 5.73 Å². The highest BCUT2D eigenvalue weighted by molar-refractivity contribution is 9.10. The van der Waals surface area contributed by atoms with Gasteiger partial charge in [0.2, 0.25) is 5.03 Å². The van der Waals surface area contributed by atoms with Crippen molar-refractivity contribution in [3.63, 3.8) is 0 Å². The summed E-state index contributed by atoms with van der Waals surface area (Å²) in [5.74, 6) is 0.102. The van der Waals surface area contributed by atoms with Gasteiger partial charge in [0, 0.05) is 33.2 Å². The van der Waals surface area contributed by atoms with Gasteiger partial charge >= 0.3 is 0 Å². The van der Waals surface area contributed by atoms with Gasteiger partial charge in [0.25, 0.3) is 10.0 Å². The Balaban J connectivity index is 2.08. The Hall–Kier alpha value is -1.24. The molecule has 0 radical (unpaired) electrons. The molecule has 1 aliphatic rings. The number of aromatic nitrogens is 3. The van der Waals surface area contributed by atoms with Gasteiger partial charge in [-0.25, -0.2) is 13.1 Å². The molecule has 1 saturated heterocycles. The summed E-state index contributed by atoms with van der Waals surface area (Å²) in [5.41, 5.74) is 5.44. The Morgan fingerprint density at radius 1 is 1.43 bits per heavy atom. The van der Waals surface area contributed by atoms with Crippen molar-refractivity contribution < 1.29 is 13.6 Å². The number of nitrogens with zero attached hydrogens (tertiary/aromatic N) is 6. The molecule has 0 atom stereocenters. The Labute approximate surface area is 130 Å². The van der Waals surface area contributed by atoms with Gasteiger partial charge in [-0.1, -0.05) is 10.4 Å². The summed E-state index contributed by atoms with van der Waals surface area (Å²) in [6, 6.07) is 0. The molecule has 1 aromatic heterocycles.